The van der Waals surface area contributed by atoms with E-state index in [-0.39, 0.29) is 12.4 Å². The zero-order chi connectivity index (χ0) is 9.14. The Labute approximate surface area is 78.6 Å². The van der Waals surface area contributed by atoms with Crippen molar-refractivity contribution < 1.29 is 9.13 Å². The third kappa shape index (κ3) is 1.59. The number of hydrogen-bond donors (Lipinski definition) is 1. The maximum absolute atomic E-state index is 13.0. The molecule has 0 atom stereocenters. The summed E-state index contributed by atoms with van der Waals surface area (Å²) in [5, 5.41) is 0. The van der Waals surface area contributed by atoms with Crippen molar-refractivity contribution in [3.8, 4) is 5.75 Å². The monoisotopic (exact) mass is 233 g/mol. The van der Waals surface area contributed by atoms with Crippen LogP contribution in [0.5, 0.6) is 5.75 Å². The SMILES string of the molecule is COc1ccc(F)c(CN)c1Br. The average Bonchev–Trinajstić information content (AvgIpc) is 2.06. The second-order valence-corrected chi connectivity index (χ2v) is 3.04. The summed E-state index contributed by atoms with van der Waals surface area (Å²) in [5.74, 6) is 0.280. The highest BCUT2D eigenvalue weighted by atomic mass is 79.9. The molecule has 0 spiro atoms. The summed E-state index contributed by atoms with van der Waals surface area (Å²) in [7, 11) is 1.53. The van der Waals surface area contributed by atoms with Crippen LogP contribution in [0.3, 0.4) is 0 Å². The second kappa shape index (κ2) is 3.87. The first-order chi connectivity index (χ1) is 5.70. The number of rotatable bonds is 2. The van der Waals surface area contributed by atoms with E-state index < -0.39 is 0 Å². The zero-order valence-corrected chi connectivity index (χ0v) is 8.19. The van der Waals surface area contributed by atoms with Crippen molar-refractivity contribution in [3.05, 3.63) is 28.0 Å². The van der Waals surface area contributed by atoms with Crippen LogP contribution in [0.1, 0.15) is 5.56 Å². The molecular formula is C8H9BrFNO. The van der Waals surface area contributed by atoms with Gasteiger partial charge in [0.15, 0.2) is 0 Å². The van der Waals surface area contributed by atoms with Gasteiger partial charge in [0, 0.05) is 12.1 Å². The van der Waals surface area contributed by atoms with Gasteiger partial charge < -0.3 is 10.5 Å². The van der Waals surface area contributed by atoms with Gasteiger partial charge in [-0.1, -0.05) is 0 Å². The Kier molecular flexibility index (Phi) is 3.05. The summed E-state index contributed by atoms with van der Waals surface area (Å²) in [6.45, 7) is 0.156. The quantitative estimate of drug-likeness (QED) is 0.849. The van der Waals surface area contributed by atoms with Crippen LogP contribution in [0.15, 0.2) is 16.6 Å². The highest BCUT2D eigenvalue weighted by Crippen LogP contribution is 2.29. The van der Waals surface area contributed by atoms with E-state index in [2.05, 4.69) is 15.9 Å². The molecule has 0 unspecified atom stereocenters. The molecule has 0 heterocycles. The molecule has 12 heavy (non-hydrogen) atoms. The fraction of sp³-hybridized carbons (Fsp3) is 0.250. The van der Waals surface area contributed by atoms with Gasteiger partial charge in [-0.25, -0.2) is 4.39 Å². The number of ether oxygens (including phenoxy) is 1. The third-order valence-corrected chi connectivity index (χ3v) is 2.44. The molecule has 0 aliphatic carbocycles. The lowest BCUT2D eigenvalue weighted by Gasteiger charge is -2.07. The first-order valence-corrected chi connectivity index (χ1v) is 4.21. The molecule has 1 rings (SSSR count). The van der Waals surface area contributed by atoms with Gasteiger partial charge >= 0.3 is 0 Å². The Balaban J connectivity index is 3.24. The van der Waals surface area contributed by atoms with Gasteiger partial charge in [0.2, 0.25) is 0 Å². The predicted octanol–water partition coefficient (Wildman–Crippen LogP) is 2.06. The largest absolute Gasteiger partial charge is 0.496 e. The van der Waals surface area contributed by atoms with E-state index in [0.29, 0.717) is 15.8 Å². The predicted molar refractivity (Wildman–Crippen MR) is 48.5 cm³/mol. The lowest BCUT2D eigenvalue weighted by Crippen LogP contribution is -2.02. The summed E-state index contributed by atoms with van der Waals surface area (Å²) in [5.41, 5.74) is 5.79. The minimum absolute atomic E-state index is 0.156. The Bertz CT molecular complexity index is 291. The molecule has 1 aromatic rings. The van der Waals surface area contributed by atoms with Crippen molar-refractivity contribution in [2.45, 2.75) is 6.54 Å². The molecule has 0 aromatic heterocycles. The molecule has 1 aromatic carbocycles. The lowest BCUT2D eigenvalue weighted by molar-refractivity contribution is 0.410. The molecule has 66 valence electrons. The molecule has 0 radical (unpaired) electrons. The van der Waals surface area contributed by atoms with Crippen LogP contribution in [-0.4, -0.2) is 7.11 Å². The van der Waals surface area contributed by atoms with E-state index in [1.165, 1.54) is 13.2 Å². The highest BCUT2D eigenvalue weighted by molar-refractivity contribution is 9.10. The van der Waals surface area contributed by atoms with E-state index >= 15 is 0 Å². The van der Waals surface area contributed by atoms with Crippen LogP contribution in [0.4, 0.5) is 4.39 Å². The minimum atomic E-state index is -0.315. The minimum Gasteiger partial charge on any atom is -0.496 e. The first kappa shape index (κ1) is 9.48. The van der Waals surface area contributed by atoms with Crippen LogP contribution >= 0.6 is 15.9 Å². The van der Waals surface area contributed by atoms with Gasteiger partial charge in [-0.05, 0) is 28.1 Å². The molecule has 0 saturated heterocycles. The molecular weight excluding hydrogens is 225 g/mol. The average molecular weight is 234 g/mol. The fourth-order valence-electron chi connectivity index (χ4n) is 0.921. The van der Waals surface area contributed by atoms with Crippen LogP contribution in [-0.2, 0) is 6.54 Å². The lowest BCUT2D eigenvalue weighted by atomic mass is 10.2. The van der Waals surface area contributed by atoms with Gasteiger partial charge in [0.25, 0.3) is 0 Å². The number of hydrogen-bond acceptors (Lipinski definition) is 2. The van der Waals surface area contributed by atoms with Crippen molar-refractivity contribution in [1.29, 1.82) is 0 Å². The standard InChI is InChI=1S/C8H9BrFNO/c1-12-7-3-2-6(10)5(4-11)8(7)9/h2-3H,4,11H2,1H3. The van der Waals surface area contributed by atoms with Gasteiger partial charge in [-0.2, -0.15) is 0 Å². The Morgan fingerprint density at radius 3 is 2.75 bits per heavy atom. The first-order valence-electron chi connectivity index (χ1n) is 3.41. The van der Waals surface area contributed by atoms with Crippen LogP contribution in [0, 0.1) is 5.82 Å². The number of nitrogens with two attached hydrogens (primary N) is 1. The molecule has 0 amide bonds. The molecule has 0 aliphatic heterocycles. The van der Waals surface area contributed by atoms with Crippen molar-refractivity contribution in [3.63, 3.8) is 0 Å². The molecule has 0 aliphatic rings. The smallest absolute Gasteiger partial charge is 0.133 e. The number of methoxy groups -OCH3 is 1. The van der Waals surface area contributed by atoms with Gasteiger partial charge in [-0.15, -0.1) is 0 Å². The fourth-order valence-corrected chi connectivity index (χ4v) is 1.57. The van der Waals surface area contributed by atoms with E-state index in [1.54, 1.807) is 6.07 Å². The number of benzene rings is 1. The molecule has 0 bridgehead atoms. The maximum atomic E-state index is 13.0. The Morgan fingerprint density at radius 2 is 2.25 bits per heavy atom. The van der Waals surface area contributed by atoms with Gasteiger partial charge in [0.05, 0.1) is 11.6 Å². The van der Waals surface area contributed by atoms with Crippen molar-refractivity contribution in [2.24, 2.45) is 5.73 Å². The van der Waals surface area contributed by atoms with Crippen LogP contribution in [0.2, 0.25) is 0 Å². The molecule has 4 heteroatoms. The van der Waals surface area contributed by atoms with E-state index in [1.807, 2.05) is 0 Å². The molecule has 0 saturated carbocycles. The maximum Gasteiger partial charge on any atom is 0.133 e. The third-order valence-electron chi connectivity index (χ3n) is 1.57. The van der Waals surface area contributed by atoms with Crippen LogP contribution in [0.25, 0.3) is 0 Å². The second-order valence-electron chi connectivity index (χ2n) is 2.25. The Hall–Kier alpha value is -0.610. The molecule has 0 fully saturated rings. The summed E-state index contributed by atoms with van der Waals surface area (Å²) >= 11 is 3.21. The molecule has 2 nitrogen and oxygen atoms in total. The van der Waals surface area contributed by atoms with E-state index in [0.717, 1.165) is 0 Å². The summed E-state index contributed by atoms with van der Waals surface area (Å²) in [6, 6.07) is 2.89. The normalized spacial score (nSPS) is 10.0. The van der Waals surface area contributed by atoms with Crippen molar-refractivity contribution in [1.82, 2.24) is 0 Å². The zero-order valence-electron chi connectivity index (χ0n) is 6.60. The molecule has 2 N–H and O–H groups in total. The van der Waals surface area contributed by atoms with E-state index in [4.69, 9.17) is 10.5 Å². The van der Waals surface area contributed by atoms with Gasteiger partial charge in [0.1, 0.15) is 11.6 Å². The van der Waals surface area contributed by atoms with E-state index in [9.17, 15) is 4.39 Å². The van der Waals surface area contributed by atoms with Gasteiger partial charge in [-0.3, -0.25) is 0 Å². The highest BCUT2D eigenvalue weighted by Gasteiger charge is 2.09. The summed E-state index contributed by atoms with van der Waals surface area (Å²) < 4.78 is 18.6. The number of halogens is 2. The summed E-state index contributed by atoms with van der Waals surface area (Å²) in [6.07, 6.45) is 0. The van der Waals surface area contributed by atoms with Crippen molar-refractivity contribution >= 4 is 15.9 Å². The summed E-state index contributed by atoms with van der Waals surface area (Å²) in [4.78, 5) is 0. The topological polar surface area (TPSA) is 35.2 Å². The Morgan fingerprint density at radius 1 is 1.58 bits per heavy atom. The van der Waals surface area contributed by atoms with Crippen molar-refractivity contribution in [2.75, 3.05) is 7.11 Å². The van der Waals surface area contributed by atoms with Crippen LogP contribution < -0.4 is 10.5 Å².